The Hall–Kier alpha value is -1.50. The quantitative estimate of drug-likeness (QED) is 0.864. The molecule has 1 aliphatic rings. The largest absolute Gasteiger partial charge is 0.492 e. The molecule has 0 spiro atoms. The summed E-state index contributed by atoms with van der Waals surface area (Å²) in [4.78, 5) is 2.52. The summed E-state index contributed by atoms with van der Waals surface area (Å²) in [6.07, 6.45) is 2.62. The molecule has 114 valence electrons. The molecule has 1 aromatic rings. The highest BCUT2D eigenvalue weighted by molar-refractivity contribution is 5.39. The number of hydrogen-bond donors (Lipinski definition) is 1. The van der Waals surface area contributed by atoms with Crippen LogP contribution < -0.4 is 4.74 Å². The first-order valence-corrected chi connectivity index (χ1v) is 7.75. The molecule has 0 aliphatic carbocycles. The van der Waals surface area contributed by atoms with Gasteiger partial charge in [0.1, 0.15) is 19.0 Å². The first kappa shape index (κ1) is 15.9. The molecule has 2 unspecified atom stereocenters. The summed E-state index contributed by atoms with van der Waals surface area (Å²) in [5, 5.41) is 8.72. The number of aliphatic hydroxyl groups is 1. The molecule has 1 heterocycles. The molecule has 2 atom stereocenters. The molecule has 0 bridgehead atoms. The Morgan fingerprint density at radius 2 is 2.19 bits per heavy atom. The topological polar surface area (TPSA) is 32.7 Å². The third-order valence-electron chi connectivity index (χ3n) is 4.04. The number of ether oxygens (including phenoxy) is 1. The van der Waals surface area contributed by atoms with Gasteiger partial charge in [-0.3, -0.25) is 4.90 Å². The second-order valence-corrected chi connectivity index (χ2v) is 5.86. The molecule has 0 aromatic heterocycles. The maximum Gasteiger partial charge on any atom is 0.120 e. The second-order valence-electron chi connectivity index (χ2n) is 5.86. The Kier molecular flexibility index (Phi) is 6.10. The van der Waals surface area contributed by atoms with Crippen molar-refractivity contribution in [1.82, 2.24) is 4.90 Å². The van der Waals surface area contributed by atoms with E-state index >= 15 is 0 Å². The third-order valence-corrected chi connectivity index (χ3v) is 4.04. The van der Waals surface area contributed by atoms with Crippen LogP contribution >= 0.6 is 0 Å². The van der Waals surface area contributed by atoms with Gasteiger partial charge in [-0.25, -0.2) is 0 Å². The van der Waals surface area contributed by atoms with Gasteiger partial charge >= 0.3 is 0 Å². The Labute approximate surface area is 127 Å². The van der Waals surface area contributed by atoms with Gasteiger partial charge in [-0.05, 0) is 43.9 Å². The monoisotopic (exact) mass is 287 g/mol. The van der Waals surface area contributed by atoms with Gasteiger partial charge in [0, 0.05) is 24.7 Å². The van der Waals surface area contributed by atoms with Crippen molar-refractivity contribution < 1.29 is 9.84 Å². The van der Waals surface area contributed by atoms with Crippen LogP contribution in [0.3, 0.4) is 0 Å². The number of hydrogen-bond acceptors (Lipinski definition) is 3. The predicted octanol–water partition coefficient (Wildman–Crippen LogP) is 2.53. The van der Waals surface area contributed by atoms with Crippen molar-refractivity contribution >= 4 is 0 Å². The minimum absolute atomic E-state index is 0.115. The molecule has 1 fully saturated rings. The zero-order valence-corrected chi connectivity index (χ0v) is 13.0. The van der Waals surface area contributed by atoms with Gasteiger partial charge in [-0.2, -0.15) is 0 Å². The first-order valence-electron chi connectivity index (χ1n) is 7.75. The van der Waals surface area contributed by atoms with E-state index in [1.807, 2.05) is 24.3 Å². The predicted molar refractivity (Wildman–Crippen MR) is 85.3 cm³/mol. The van der Waals surface area contributed by atoms with Gasteiger partial charge in [-0.15, -0.1) is 0 Å². The SMILES string of the molecule is CC1CCC(C)N(CCOc2cccc(C#CCO)c2)C1. The summed E-state index contributed by atoms with van der Waals surface area (Å²) in [6.45, 7) is 7.36. The maximum absolute atomic E-state index is 8.72. The Morgan fingerprint density at radius 3 is 3.00 bits per heavy atom. The fourth-order valence-electron chi connectivity index (χ4n) is 2.78. The lowest BCUT2D eigenvalue weighted by Gasteiger charge is -2.36. The summed E-state index contributed by atoms with van der Waals surface area (Å²) in [5.74, 6) is 7.18. The van der Waals surface area contributed by atoms with E-state index in [1.165, 1.54) is 19.4 Å². The highest BCUT2D eigenvalue weighted by atomic mass is 16.5. The van der Waals surface area contributed by atoms with E-state index in [1.54, 1.807) is 0 Å². The van der Waals surface area contributed by atoms with Crippen molar-refractivity contribution in [3.63, 3.8) is 0 Å². The second kappa shape index (κ2) is 8.07. The average Bonchev–Trinajstić information content (AvgIpc) is 2.49. The van der Waals surface area contributed by atoms with Crippen LogP contribution in [0.2, 0.25) is 0 Å². The summed E-state index contributed by atoms with van der Waals surface area (Å²) < 4.78 is 5.84. The molecule has 1 aliphatic heterocycles. The smallest absolute Gasteiger partial charge is 0.120 e. The number of aliphatic hydroxyl groups excluding tert-OH is 1. The van der Waals surface area contributed by atoms with Gasteiger partial charge in [-0.1, -0.05) is 24.8 Å². The van der Waals surface area contributed by atoms with Crippen molar-refractivity contribution in [3.05, 3.63) is 29.8 Å². The van der Waals surface area contributed by atoms with Crippen LogP contribution in [0.15, 0.2) is 24.3 Å². The molecule has 1 N–H and O–H groups in total. The van der Waals surface area contributed by atoms with Gasteiger partial charge < -0.3 is 9.84 Å². The van der Waals surface area contributed by atoms with Crippen LogP contribution in [0.25, 0.3) is 0 Å². The van der Waals surface area contributed by atoms with Crippen LogP contribution in [0.5, 0.6) is 5.75 Å². The molecule has 0 saturated carbocycles. The molecule has 3 heteroatoms. The lowest BCUT2D eigenvalue weighted by atomic mass is 9.95. The molecular formula is C18H25NO2. The molecule has 3 nitrogen and oxygen atoms in total. The molecule has 1 saturated heterocycles. The van der Waals surface area contributed by atoms with Crippen LogP contribution in [0.1, 0.15) is 32.3 Å². The number of benzene rings is 1. The molecule has 0 amide bonds. The van der Waals surface area contributed by atoms with Crippen molar-refractivity contribution in [2.75, 3.05) is 26.3 Å². The summed E-state index contributed by atoms with van der Waals surface area (Å²) in [5.41, 5.74) is 0.876. The maximum atomic E-state index is 8.72. The van der Waals surface area contributed by atoms with Crippen LogP contribution in [-0.2, 0) is 0 Å². The third kappa shape index (κ3) is 5.08. The highest BCUT2D eigenvalue weighted by Gasteiger charge is 2.22. The summed E-state index contributed by atoms with van der Waals surface area (Å²) in [6, 6.07) is 8.38. The Morgan fingerprint density at radius 1 is 1.33 bits per heavy atom. The lowest BCUT2D eigenvalue weighted by Crippen LogP contribution is -2.43. The van der Waals surface area contributed by atoms with Gasteiger partial charge in [0.05, 0.1) is 0 Å². The Balaban J connectivity index is 1.83. The van der Waals surface area contributed by atoms with Gasteiger partial charge in [0.15, 0.2) is 0 Å². The van der Waals surface area contributed by atoms with E-state index in [4.69, 9.17) is 9.84 Å². The van der Waals surface area contributed by atoms with Crippen molar-refractivity contribution in [1.29, 1.82) is 0 Å². The Bertz CT molecular complexity index is 503. The van der Waals surface area contributed by atoms with E-state index in [0.717, 1.165) is 23.8 Å². The molecule has 21 heavy (non-hydrogen) atoms. The van der Waals surface area contributed by atoms with Crippen molar-refractivity contribution in [2.45, 2.75) is 32.7 Å². The molecular weight excluding hydrogens is 262 g/mol. The zero-order valence-electron chi connectivity index (χ0n) is 13.0. The molecule has 1 aromatic carbocycles. The van der Waals surface area contributed by atoms with E-state index in [0.29, 0.717) is 12.6 Å². The van der Waals surface area contributed by atoms with E-state index in [2.05, 4.69) is 30.6 Å². The number of likely N-dealkylation sites (tertiary alicyclic amines) is 1. The average molecular weight is 287 g/mol. The lowest BCUT2D eigenvalue weighted by molar-refractivity contribution is 0.105. The molecule has 2 rings (SSSR count). The standard InChI is InChI=1S/C18H25NO2/c1-15-8-9-16(2)19(14-15)10-12-21-18-7-3-5-17(13-18)6-4-11-20/h3,5,7,13,15-16,20H,8-12,14H2,1-2H3. The van der Waals surface area contributed by atoms with Gasteiger partial charge in [0.25, 0.3) is 0 Å². The van der Waals surface area contributed by atoms with E-state index < -0.39 is 0 Å². The van der Waals surface area contributed by atoms with E-state index in [-0.39, 0.29) is 6.61 Å². The summed E-state index contributed by atoms with van der Waals surface area (Å²) in [7, 11) is 0. The minimum atomic E-state index is -0.115. The van der Waals surface area contributed by atoms with Crippen LogP contribution in [-0.4, -0.2) is 42.4 Å². The van der Waals surface area contributed by atoms with Crippen molar-refractivity contribution in [2.24, 2.45) is 5.92 Å². The minimum Gasteiger partial charge on any atom is -0.492 e. The first-order chi connectivity index (χ1) is 10.2. The van der Waals surface area contributed by atoms with Crippen LogP contribution in [0.4, 0.5) is 0 Å². The number of nitrogens with zero attached hydrogens (tertiary/aromatic N) is 1. The van der Waals surface area contributed by atoms with Crippen molar-refractivity contribution in [3.8, 4) is 17.6 Å². The fraction of sp³-hybridized carbons (Fsp3) is 0.556. The normalized spacial score (nSPS) is 22.4. The van der Waals surface area contributed by atoms with Gasteiger partial charge in [0.2, 0.25) is 0 Å². The number of piperidine rings is 1. The fourth-order valence-corrected chi connectivity index (χ4v) is 2.78. The van der Waals surface area contributed by atoms with Crippen LogP contribution in [0, 0.1) is 17.8 Å². The zero-order chi connectivity index (χ0) is 15.1. The molecule has 0 radical (unpaired) electrons. The highest BCUT2D eigenvalue weighted by Crippen LogP contribution is 2.21. The number of rotatable bonds is 4. The summed E-state index contributed by atoms with van der Waals surface area (Å²) >= 11 is 0. The van der Waals surface area contributed by atoms with E-state index in [9.17, 15) is 0 Å².